The van der Waals surface area contributed by atoms with Crippen molar-refractivity contribution in [3.63, 3.8) is 0 Å². The number of carbonyl (C=O) groups is 7. The maximum atomic E-state index is 14.1. The van der Waals surface area contributed by atoms with Crippen LogP contribution in [-0.2, 0) is 53.7 Å². The molecule has 0 aliphatic carbocycles. The molecule has 32 heteroatoms. The molecule has 2 fully saturated rings. The van der Waals surface area contributed by atoms with Gasteiger partial charge in [0.05, 0.1) is 25.4 Å². The number of carboxylic acids is 1. The van der Waals surface area contributed by atoms with Crippen molar-refractivity contribution >= 4 is 89.3 Å². The van der Waals surface area contributed by atoms with Gasteiger partial charge in [-0.2, -0.15) is 0 Å². The predicted octanol–water partition coefficient (Wildman–Crippen LogP) is -6.97. The van der Waals surface area contributed by atoms with E-state index in [1.165, 1.54) is 9.80 Å². The molecular formula is C41H68GaN12O16P3. The van der Waals surface area contributed by atoms with Crippen LogP contribution in [0.4, 0.5) is 0 Å². The molecule has 0 bridgehead atoms. The van der Waals surface area contributed by atoms with Crippen LogP contribution in [0.1, 0.15) is 50.5 Å². The summed E-state index contributed by atoms with van der Waals surface area (Å²) in [4.78, 5) is 132. The van der Waals surface area contributed by atoms with Gasteiger partial charge >= 0.3 is 19.8 Å². The summed E-state index contributed by atoms with van der Waals surface area (Å²) in [6, 6.07) is 2.61. The first-order chi connectivity index (χ1) is 33.9. The number of unbranched alkanes of at least 4 members (excludes halogenated alkanes) is 1. The molecule has 2 saturated heterocycles. The summed E-state index contributed by atoms with van der Waals surface area (Å²) in [6.45, 7) is 0.0304. The molecule has 2 aliphatic heterocycles. The fourth-order valence-corrected chi connectivity index (χ4v) is 11.2. The van der Waals surface area contributed by atoms with Crippen LogP contribution in [0.15, 0.2) is 35.3 Å². The average Bonchev–Trinajstić information content (AvgIpc) is 3.39. The first-order valence-electron chi connectivity index (χ1n) is 23.2. The van der Waals surface area contributed by atoms with Crippen molar-refractivity contribution in [3.05, 3.63) is 35.9 Å². The Bertz CT molecular complexity index is 2140. The molecule has 0 saturated carbocycles. The van der Waals surface area contributed by atoms with Crippen molar-refractivity contribution in [2.45, 2.75) is 75.5 Å². The number of aliphatic carboxylic acids is 1. The number of benzene rings is 1. The fourth-order valence-electron chi connectivity index (χ4n) is 7.59. The first-order valence-corrected chi connectivity index (χ1v) is 29.3. The van der Waals surface area contributed by atoms with Crippen LogP contribution in [0, 0.1) is 0 Å². The summed E-state index contributed by atoms with van der Waals surface area (Å²) in [5, 5.41) is 49.2. The van der Waals surface area contributed by atoms with E-state index in [4.69, 9.17) is 11.5 Å². The number of nitrogens with zero attached hydrogens (tertiary/aromatic N) is 4. The van der Waals surface area contributed by atoms with E-state index in [0.29, 0.717) is 5.56 Å². The second kappa shape index (κ2) is 32.3. The summed E-state index contributed by atoms with van der Waals surface area (Å²) in [5.41, 5.74) is 11.4. The number of hydrogen-bond acceptors (Lipinski definition) is 17. The molecule has 28 nitrogen and oxygen atoms in total. The van der Waals surface area contributed by atoms with Gasteiger partial charge in [0.25, 0.3) is 0 Å². The zero-order valence-corrected chi connectivity index (χ0v) is 45.6. The maximum absolute atomic E-state index is 14.1. The fraction of sp³-hybridized carbons (Fsp3) is 0.659. The van der Waals surface area contributed by atoms with Gasteiger partial charge in [-0.15, -0.1) is 0 Å². The van der Waals surface area contributed by atoms with Crippen LogP contribution in [0.5, 0.6) is 0 Å². The van der Waals surface area contributed by atoms with Gasteiger partial charge in [0.15, 0.2) is 20.7 Å². The zero-order valence-electron chi connectivity index (χ0n) is 40.5. The van der Waals surface area contributed by atoms with Gasteiger partial charge in [0.1, 0.15) is 24.2 Å². The molecule has 1 aromatic carbocycles. The number of nitrogens with one attached hydrogen (secondary N) is 6. The molecule has 13 N–H and O–H groups in total. The number of rotatable bonds is 24. The standard InChI is InChI=1S/C41H69N12O16P3.Ga/c42-41(43)45-13-6-10-30-38(61)48-31(39(62)49-32(21-29-7-2-1-3-8-29)40(63)50-33(22-36(58)59)37(60)46-23-35(57)47-30)9-4-5-12-44-34(56)11-20-70(64,65)24-51-14-16-52(25-71(66,67)27-54)18-19-53(17-15-51)26-72(68,69)28-55;/h1-3,7-8,30-33H,4-6,9-28H2,(H,44,56)(H,46,60)(H,47,57)(H,48,61)(H,49,62)(H,50,63)(H,58,59)(H,64,65)(H,66,67)(H,68,69)(H4,42,43,45);/q-2;+3/p-1/t30-,31-,32+,33+;/m1./s1/i;1-2. The number of aliphatic imine (C=N–C) groups is 1. The Labute approximate surface area is 436 Å². The van der Waals surface area contributed by atoms with Gasteiger partial charge in [-0.25, -0.2) is 0 Å². The molecule has 2 heterocycles. The van der Waals surface area contributed by atoms with Gasteiger partial charge in [0.2, 0.25) is 42.8 Å². The summed E-state index contributed by atoms with van der Waals surface area (Å²) < 4.78 is 38.0. The molecule has 6 amide bonds. The minimum absolute atomic E-state index is 0. The molecule has 2 aliphatic rings. The normalized spacial score (nSPS) is 22.9. The van der Waals surface area contributed by atoms with E-state index in [9.17, 15) is 77.3 Å². The van der Waals surface area contributed by atoms with Gasteiger partial charge in [0, 0.05) is 83.8 Å². The third-order valence-electron chi connectivity index (χ3n) is 11.4. The topological polar surface area (TPSA) is 447 Å². The molecule has 0 aromatic heterocycles. The number of nitrogens with two attached hydrogens (primary N) is 2. The number of carboxylic acid groups (broad SMARTS) is 1. The van der Waals surface area contributed by atoms with Crippen molar-refractivity contribution in [1.29, 1.82) is 0 Å². The number of carbonyl (C=O) groups excluding carboxylic acids is 7. The third kappa shape index (κ3) is 26.2. The SMILES string of the molecule is NC(N)=NCCC[C@H]1NC(=O)CNC(=O)[C@H](CC(=O)[O-])NC(=O)[C@H](Cc2ccccc2)NC(=O)[C@@H](CCCCNC(=O)CCP(=O)(O)CN2CCN(CP(=O)(O)C[O-])CCN(CP(=O)(O)C[O-])CC2)NC1=O.[68Ga+3]. The van der Waals surface area contributed by atoms with Crippen molar-refractivity contribution in [3.8, 4) is 0 Å². The van der Waals surface area contributed by atoms with E-state index < -0.39 is 138 Å². The van der Waals surface area contributed by atoms with E-state index >= 15 is 0 Å². The summed E-state index contributed by atoms with van der Waals surface area (Å²) in [5.74, 6) is -7.06. The Morgan fingerprint density at radius 1 is 0.685 bits per heavy atom. The van der Waals surface area contributed by atoms with Crippen LogP contribution in [0.25, 0.3) is 0 Å². The monoisotopic (exact) mass is 1150 g/mol. The summed E-state index contributed by atoms with van der Waals surface area (Å²) in [7, 11) is -12.2. The number of guanidine groups is 1. The zero-order chi connectivity index (χ0) is 53.5. The molecule has 73 heavy (non-hydrogen) atoms. The Balaban J connectivity index is 0.0000183. The van der Waals surface area contributed by atoms with Crippen molar-refractivity contribution in [1.82, 2.24) is 46.6 Å². The number of hydrogen-bond donors (Lipinski definition) is 11. The van der Waals surface area contributed by atoms with Gasteiger partial charge in [-0.3, -0.25) is 62.2 Å². The third-order valence-corrected chi connectivity index (χ3v) is 15.6. The molecule has 3 rings (SSSR count). The molecular weight excluding hydrogens is 1080 g/mol. The minimum Gasteiger partial charge on any atom is -0.847 e. The van der Waals surface area contributed by atoms with Crippen molar-refractivity contribution in [2.75, 3.05) is 96.6 Å². The van der Waals surface area contributed by atoms with Gasteiger partial charge in [-0.1, -0.05) is 43.0 Å². The maximum Gasteiger partial charge on any atom is 3.00 e. The van der Waals surface area contributed by atoms with Crippen LogP contribution in [-0.4, -0.2) is 217 Å². The van der Waals surface area contributed by atoms with Crippen LogP contribution in [0.3, 0.4) is 0 Å². The predicted molar refractivity (Wildman–Crippen MR) is 261 cm³/mol. The summed E-state index contributed by atoms with van der Waals surface area (Å²) >= 11 is 0. The smallest absolute Gasteiger partial charge is 0.847 e. The van der Waals surface area contributed by atoms with E-state index in [0.717, 1.165) is 0 Å². The molecule has 406 valence electrons. The van der Waals surface area contributed by atoms with Gasteiger partial charge in [-0.05, 0) is 37.7 Å². The summed E-state index contributed by atoms with van der Waals surface area (Å²) in [6.07, 6.45) is -5.29. The Morgan fingerprint density at radius 2 is 1.16 bits per heavy atom. The van der Waals surface area contributed by atoms with Crippen molar-refractivity contribution < 1.29 is 77.3 Å². The van der Waals surface area contributed by atoms with Gasteiger partial charge < -0.3 is 78.2 Å². The Morgan fingerprint density at radius 3 is 1.68 bits per heavy atom. The number of amides is 6. The van der Waals surface area contributed by atoms with E-state index in [1.54, 1.807) is 35.2 Å². The first kappa shape index (κ1) is 64.9. The average molecular weight is 1150 g/mol. The largest absolute Gasteiger partial charge is 3.00 e. The molecule has 3 unspecified atom stereocenters. The molecule has 0 radical (unpaired) electrons. The second-order valence-electron chi connectivity index (χ2n) is 17.6. The molecule has 1 aromatic rings. The molecule has 7 atom stereocenters. The Hall–Kier alpha value is -4.21. The van der Waals surface area contributed by atoms with Crippen LogP contribution in [0.2, 0.25) is 0 Å². The van der Waals surface area contributed by atoms with E-state index in [2.05, 4.69) is 36.9 Å². The van der Waals surface area contributed by atoms with Crippen LogP contribution < -0.4 is 58.7 Å². The van der Waals surface area contributed by atoms with Crippen LogP contribution >= 0.6 is 22.1 Å². The van der Waals surface area contributed by atoms with E-state index in [1.807, 2.05) is 0 Å². The van der Waals surface area contributed by atoms with E-state index in [-0.39, 0.29) is 123 Å². The molecule has 0 spiro atoms. The quantitative estimate of drug-likeness (QED) is 0.0151. The Kier molecular flexibility index (Phi) is 28.7. The van der Waals surface area contributed by atoms with Crippen molar-refractivity contribution in [2.24, 2.45) is 16.5 Å². The second-order valence-corrected chi connectivity index (χ2v) is 24.5. The minimum atomic E-state index is -4.08.